The van der Waals surface area contributed by atoms with Crippen LogP contribution in [0.2, 0.25) is 0 Å². The minimum atomic E-state index is 0.870. The van der Waals surface area contributed by atoms with Crippen molar-refractivity contribution in [3.8, 4) is 0 Å². The van der Waals surface area contributed by atoms with Crippen molar-refractivity contribution >= 4 is 0 Å². The molecule has 1 N–H and O–H groups in total. The number of nitrogens with one attached hydrogen (secondary N) is 1. The van der Waals surface area contributed by atoms with E-state index in [9.17, 15) is 0 Å². The molecule has 1 aliphatic heterocycles. The van der Waals surface area contributed by atoms with Crippen LogP contribution in [0.5, 0.6) is 0 Å². The molecule has 0 unspecified atom stereocenters. The lowest BCUT2D eigenvalue weighted by atomic mass is 9.90. The standard InChI is InChI=1S/C18H22N2/c1-2-5-16(6-3-1)13-17-8-11-20(12-9-17)15-18-7-4-10-19-14-18/h1-7,10,14,17H,8-9,11-13,15H2/p+1. The predicted octanol–water partition coefficient (Wildman–Crippen LogP) is 2.12. The van der Waals surface area contributed by atoms with Crippen molar-refractivity contribution in [1.29, 1.82) is 0 Å². The molecule has 2 heterocycles. The molecule has 3 rings (SSSR count). The molecule has 0 aliphatic carbocycles. The Morgan fingerprint density at radius 3 is 2.40 bits per heavy atom. The summed E-state index contributed by atoms with van der Waals surface area (Å²) < 4.78 is 0. The summed E-state index contributed by atoms with van der Waals surface area (Å²) >= 11 is 0. The summed E-state index contributed by atoms with van der Waals surface area (Å²) in [4.78, 5) is 5.92. The van der Waals surface area contributed by atoms with Crippen LogP contribution in [0.3, 0.4) is 0 Å². The molecule has 2 nitrogen and oxygen atoms in total. The number of hydrogen-bond acceptors (Lipinski definition) is 1. The fraction of sp³-hybridized carbons (Fsp3) is 0.389. The third-order valence-corrected chi connectivity index (χ3v) is 4.36. The van der Waals surface area contributed by atoms with Gasteiger partial charge in [0.2, 0.25) is 0 Å². The van der Waals surface area contributed by atoms with E-state index in [1.807, 2.05) is 18.5 Å². The van der Waals surface area contributed by atoms with Crippen LogP contribution in [-0.4, -0.2) is 18.1 Å². The van der Waals surface area contributed by atoms with Crippen LogP contribution in [0.4, 0.5) is 0 Å². The summed E-state index contributed by atoms with van der Waals surface area (Å²) in [6, 6.07) is 15.1. The molecule has 1 saturated heterocycles. The van der Waals surface area contributed by atoms with Gasteiger partial charge in [-0.1, -0.05) is 36.4 Å². The van der Waals surface area contributed by atoms with Gasteiger partial charge >= 0.3 is 0 Å². The number of quaternary nitrogens is 1. The first kappa shape index (κ1) is 13.3. The molecule has 1 aliphatic rings. The van der Waals surface area contributed by atoms with Crippen molar-refractivity contribution in [2.24, 2.45) is 5.92 Å². The molecule has 0 spiro atoms. The maximum absolute atomic E-state index is 4.21. The van der Waals surface area contributed by atoms with Gasteiger partial charge in [-0.15, -0.1) is 0 Å². The zero-order valence-corrected chi connectivity index (χ0v) is 12.0. The zero-order chi connectivity index (χ0) is 13.6. The van der Waals surface area contributed by atoms with Crippen LogP contribution in [0, 0.1) is 5.92 Å². The number of piperidine rings is 1. The molecular formula is C18H23N2+. The fourth-order valence-electron chi connectivity index (χ4n) is 3.21. The van der Waals surface area contributed by atoms with Crippen molar-refractivity contribution in [3.63, 3.8) is 0 Å². The van der Waals surface area contributed by atoms with Crippen LogP contribution in [0.15, 0.2) is 54.9 Å². The van der Waals surface area contributed by atoms with Crippen molar-refractivity contribution in [2.75, 3.05) is 13.1 Å². The van der Waals surface area contributed by atoms with Gasteiger partial charge in [-0.2, -0.15) is 0 Å². The molecule has 1 aromatic heterocycles. The van der Waals surface area contributed by atoms with E-state index in [1.54, 1.807) is 4.90 Å². The number of pyridine rings is 1. The normalized spacial score (nSPS) is 22.6. The molecule has 20 heavy (non-hydrogen) atoms. The quantitative estimate of drug-likeness (QED) is 0.898. The maximum atomic E-state index is 4.21. The van der Waals surface area contributed by atoms with E-state index in [0.29, 0.717) is 0 Å². The van der Waals surface area contributed by atoms with E-state index in [4.69, 9.17) is 0 Å². The Morgan fingerprint density at radius 1 is 0.950 bits per heavy atom. The minimum Gasteiger partial charge on any atom is -0.331 e. The Bertz CT molecular complexity index is 452. The molecule has 0 atom stereocenters. The van der Waals surface area contributed by atoms with Gasteiger partial charge in [0, 0.05) is 18.0 Å². The second-order valence-corrected chi connectivity index (χ2v) is 5.92. The van der Waals surface area contributed by atoms with Gasteiger partial charge in [0.15, 0.2) is 0 Å². The second-order valence-electron chi connectivity index (χ2n) is 5.92. The molecule has 0 bridgehead atoms. The molecule has 2 heteroatoms. The predicted molar refractivity (Wildman–Crippen MR) is 81.5 cm³/mol. The molecule has 1 fully saturated rings. The molecule has 2 aromatic rings. The Hall–Kier alpha value is -1.67. The van der Waals surface area contributed by atoms with E-state index >= 15 is 0 Å². The van der Waals surface area contributed by atoms with Crippen LogP contribution in [0.1, 0.15) is 24.0 Å². The number of rotatable bonds is 4. The first-order valence-corrected chi connectivity index (χ1v) is 7.66. The van der Waals surface area contributed by atoms with Gasteiger partial charge in [-0.05, 0) is 36.8 Å². The highest BCUT2D eigenvalue weighted by molar-refractivity contribution is 5.15. The summed E-state index contributed by atoms with van der Waals surface area (Å²) in [7, 11) is 0. The second kappa shape index (κ2) is 6.67. The summed E-state index contributed by atoms with van der Waals surface area (Å²) in [6.45, 7) is 3.73. The first-order valence-electron chi connectivity index (χ1n) is 7.66. The van der Waals surface area contributed by atoms with Crippen molar-refractivity contribution in [3.05, 3.63) is 66.0 Å². The Labute approximate surface area is 121 Å². The molecular weight excluding hydrogens is 244 g/mol. The number of nitrogens with zero attached hydrogens (tertiary/aromatic N) is 1. The lowest BCUT2D eigenvalue weighted by Gasteiger charge is -2.29. The van der Waals surface area contributed by atoms with Gasteiger partial charge in [0.05, 0.1) is 13.1 Å². The van der Waals surface area contributed by atoms with E-state index in [0.717, 1.165) is 12.5 Å². The van der Waals surface area contributed by atoms with Gasteiger partial charge in [0.1, 0.15) is 6.54 Å². The molecule has 1 aromatic carbocycles. The Kier molecular flexibility index (Phi) is 4.44. The Morgan fingerprint density at radius 2 is 1.70 bits per heavy atom. The summed E-state index contributed by atoms with van der Waals surface area (Å²) in [5.74, 6) is 0.870. The highest BCUT2D eigenvalue weighted by atomic mass is 15.1. The summed E-state index contributed by atoms with van der Waals surface area (Å²) in [6.07, 6.45) is 7.81. The van der Waals surface area contributed by atoms with Crippen molar-refractivity contribution < 1.29 is 4.90 Å². The highest BCUT2D eigenvalue weighted by Gasteiger charge is 2.22. The van der Waals surface area contributed by atoms with Crippen LogP contribution < -0.4 is 4.90 Å². The average Bonchev–Trinajstić information content (AvgIpc) is 2.51. The van der Waals surface area contributed by atoms with Gasteiger partial charge < -0.3 is 4.90 Å². The topological polar surface area (TPSA) is 17.3 Å². The maximum Gasteiger partial charge on any atom is 0.104 e. The third-order valence-electron chi connectivity index (χ3n) is 4.36. The summed E-state index contributed by atoms with van der Waals surface area (Å²) in [5.41, 5.74) is 2.86. The van der Waals surface area contributed by atoms with E-state index in [1.165, 1.54) is 43.5 Å². The van der Waals surface area contributed by atoms with Gasteiger partial charge in [-0.3, -0.25) is 4.98 Å². The largest absolute Gasteiger partial charge is 0.331 e. The van der Waals surface area contributed by atoms with Crippen molar-refractivity contribution in [2.45, 2.75) is 25.8 Å². The number of likely N-dealkylation sites (tertiary alicyclic amines) is 1. The van der Waals surface area contributed by atoms with E-state index in [2.05, 4.69) is 41.4 Å². The minimum absolute atomic E-state index is 0.870. The fourth-order valence-corrected chi connectivity index (χ4v) is 3.21. The van der Waals surface area contributed by atoms with E-state index < -0.39 is 0 Å². The smallest absolute Gasteiger partial charge is 0.104 e. The van der Waals surface area contributed by atoms with E-state index in [-0.39, 0.29) is 0 Å². The molecule has 0 radical (unpaired) electrons. The van der Waals surface area contributed by atoms with Crippen LogP contribution in [0.25, 0.3) is 0 Å². The molecule has 104 valence electrons. The average molecular weight is 267 g/mol. The van der Waals surface area contributed by atoms with Crippen LogP contribution in [-0.2, 0) is 13.0 Å². The van der Waals surface area contributed by atoms with Crippen molar-refractivity contribution in [1.82, 2.24) is 4.98 Å². The zero-order valence-electron chi connectivity index (χ0n) is 12.0. The lowest BCUT2D eigenvalue weighted by molar-refractivity contribution is -0.919. The number of benzene rings is 1. The lowest BCUT2D eigenvalue weighted by Crippen LogP contribution is -3.11. The number of aromatic nitrogens is 1. The molecule has 0 saturated carbocycles. The highest BCUT2D eigenvalue weighted by Crippen LogP contribution is 2.16. The summed E-state index contributed by atoms with van der Waals surface area (Å²) in [5, 5.41) is 0. The van der Waals surface area contributed by atoms with Gasteiger partial charge in [0.25, 0.3) is 0 Å². The first-order chi connectivity index (χ1) is 9.90. The number of hydrogen-bond donors (Lipinski definition) is 1. The monoisotopic (exact) mass is 267 g/mol. The van der Waals surface area contributed by atoms with Gasteiger partial charge in [-0.25, -0.2) is 0 Å². The third kappa shape index (κ3) is 3.67. The Balaban J connectivity index is 1.47. The molecule has 0 amide bonds. The van der Waals surface area contributed by atoms with Crippen LogP contribution >= 0.6 is 0 Å². The SMILES string of the molecule is c1ccc(CC2CC[NH+](Cc3cccnc3)CC2)cc1.